The monoisotopic (exact) mass is 384 g/mol. The first-order chi connectivity index (χ1) is 8.29. The minimum absolute atomic E-state index is 0.0906. The molecule has 0 atom stereocenters. The summed E-state index contributed by atoms with van der Waals surface area (Å²) >= 11 is 6.03. The number of nitrogen functional groups attached to an aromatic ring is 1. The molecule has 0 spiro atoms. The summed E-state index contributed by atoms with van der Waals surface area (Å²) in [7, 11) is 0. The summed E-state index contributed by atoms with van der Waals surface area (Å²) in [4.78, 5) is 3.73. The van der Waals surface area contributed by atoms with E-state index in [-0.39, 0.29) is 16.1 Å². The number of halogens is 5. The molecule has 0 aliphatic carbocycles. The van der Waals surface area contributed by atoms with Gasteiger partial charge in [-0.2, -0.15) is 13.2 Å². The van der Waals surface area contributed by atoms with Crippen LogP contribution in [-0.4, -0.2) is 14.8 Å². The Morgan fingerprint density at radius 2 is 1.94 bits per heavy atom. The van der Waals surface area contributed by atoms with E-state index in [9.17, 15) is 13.2 Å². The number of aromatic nitrogens is 3. The molecule has 9 heteroatoms. The van der Waals surface area contributed by atoms with Crippen molar-refractivity contribution in [2.75, 3.05) is 5.73 Å². The largest absolute Gasteiger partial charge is 0.420 e. The molecule has 96 valence electrons. The Hall–Kier alpha value is -1.09. The molecule has 2 aromatic rings. The quantitative estimate of drug-likeness (QED) is 0.818. The third-order valence-corrected chi connectivity index (χ3v) is 3.10. The minimum atomic E-state index is -4.53. The Kier molecular flexibility index (Phi) is 3.37. The molecule has 2 heterocycles. The molecule has 0 radical (unpaired) electrons. The molecule has 2 aromatic heterocycles. The van der Waals surface area contributed by atoms with Crippen molar-refractivity contribution in [3.05, 3.63) is 33.0 Å². The van der Waals surface area contributed by atoms with E-state index in [0.29, 0.717) is 4.47 Å². The summed E-state index contributed by atoms with van der Waals surface area (Å²) in [5, 5.41) is 3.75. The predicted molar refractivity (Wildman–Crippen MR) is 66.2 cm³/mol. The second-order valence-corrected chi connectivity index (χ2v) is 5.10. The van der Waals surface area contributed by atoms with Gasteiger partial charge in [-0.3, -0.25) is 0 Å². The van der Waals surface area contributed by atoms with E-state index < -0.39 is 11.7 Å². The van der Waals surface area contributed by atoms with Crippen molar-refractivity contribution in [1.82, 2.24) is 14.8 Å². The zero-order chi connectivity index (χ0) is 13.5. The third kappa shape index (κ3) is 2.51. The van der Waals surface area contributed by atoms with Gasteiger partial charge in [0.2, 0.25) is 0 Å². The molecular weight excluding hydrogens is 381 g/mol. The molecule has 0 unspecified atom stereocenters. The van der Waals surface area contributed by atoms with Crippen LogP contribution in [0.3, 0.4) is 0 Å². The number of hydrogen-bond donors (Lipinski definition) is 1. The van der Waals surface area contributed by atoms with Crippen LogP contribution in [0.15, 0.2) is 27.4 Å². The van der Waals surface area contributed by atoms with Crippen LogP contribution in [0.5, 0.6) is 0 Å². The number of rotatable bonds is 1. The van der Waals surface area contributed by atoms with E-state index in [1.54, 1.807) is 0 Å². The lowest BCUT2D eigenvalue weighted by atomic mass is 10.2. The smallest absolute Gasteiger partial charge is 0.381 e. The molecule has 0 saturated carbocycles. The highest BCUT2D eigenvalue weighted by atomic mass is 79.9. The fraction of sp³-hybridized carbons (Fsp3) is 0.111. The van der Waals surface area contributed by atoms with Gasteiger partial charge in [0.05, 0.1) is 4.47 Å². The highest BCUT2D eigenvalue weighted by molar-refractivity contribution is 9.10. The molecule has 4 nitrogen and oxygen atoms in total. The van der Waals surface area contributed by atoms with Gasteiger partial charge in [-0.1, -0.05) is 0 Å². The van der Waals surface area contributed by atoms with Gasteiger partial charge in [-0.05, 0) is 37.9 Å². The number of nitrogens with two attached hydrogens (primary N) is 1. The number of anilines is 1. The summed E-state index contributed by atoms with van der Waals surface area (Å²) in [5.74, 6) is -0.240. The van der Waals surface area contributed by atoms with Crippen molar-refractivity contribution in [2.45, 2.75) is 6.18 Å². The number of nitrogens with zero attached hydrogens (tertiary/aromatic N) is 3. The zero-order valence-corrected chi connectivity index (χ0v) is 11.7. The average Bonchev–Trinajstić information content (AvgIpc) is 2.57. The highest BCUT2D eigenvalue weighted by Gasteiger charge is 2.35. The van der Waals surface area contributed by atoms with E-state index in [1.807, 2.05) is 0 Å². The topological polar surface area (TPSA) is 56.7 Å². The van der Waals surface area contributed by atoms with Gasteiger partial charge in [-0.15, -0.1) is 5.10 Å². The molecule has 18 heavy (non-hydrogen) atoms. The summed E-state index contributed by atoms with van der Waals surface area (Å²) in [5.41, 5.74) is 4.57. The Morgan fingerprint density at radius 3 is 2.44 bits per heavy atom. The lowest BCUT2D eigenvalue weighted by Crippen LogP contribution is -2.13. The molecule has 2 N–H and O–H groups in total. The van der Waals surface area contributed by atoms with Crippen LogP contribution in [0, 0.1) is 0 Å². The summed E-state index contributed by atoms with van der Waals surface area (Å²) in [6.45, 7) is 0. The molecule has 2 rings (SSSR count). The van der Waals surface area contributed by atoms with E-state index in [1.165, 1.54) is 12.4 Å². The zero-order valence-electron chi connectivity index (χ0n) is 8.54. The molecule has 0 fully saturated rings. The molecule has 0 aromatic carbocycles. The molecule has 0 saturated heterocycles. The van der Waals surface area contributed by atoms with Gasteiger partial charge >= 0.3 is 6.18 Å². The molecule has 0 amide bonds. The van der Waals surface area contributed by atoms with Gasteiger partial charge in [0.25, 0.3) is 0 Å². The Morgan fingerprint density at radius 1 is 1.28 bits per heavy atom. The highest BCUT2D eigenvalue weighted by Crippen LogP contribution is 2.34. The molecular formula is C9H5Br2F3N4. The van der Waals surface area contributed by atoms with Crippen LogP contribution in [-0.2, 0) is 6.18 Å². The van der Waals surface area contributed by atoms with Crippen molar-refractivity contribution in [3.63, 3.8) is 0 Å². The summed E-state index contributed by atoms with van der Waals surface area (Å²) < 4.78 is 40.2. The summed E-state index contributed by atoms with van der Waals surface area (Å²) in [6.07, 6.45) is -1.95. The number of hydrogen-bond acceptors (Lipinski definition) is 3. The van der Waals surface area contributed by atoms with Crippen LogP contribution in [0.1, 0.15) is 5.56 Å². The SMILES string of the molecule is Nc1nn(-c2ncc(Br)cc2C(F)(F)F)cc1Br. The van der Waals surface area contributed by atoms with E-state index in [2.05, 4.69) is 41.9 Å². The van der Waals surface area contributed by atoms with Crippen molar-refractivity contribution >= 4 is 37.7 Å². The van der Waals surface area contributed by atoms with Crippen molar-refractivity contribution < 1.29 is 13.2 Å². The Labute approximate surface area is 116 Å². The Bertz CT molecular complexity index is 574. The summed E-state index contributed by atoms with van der Waals surface area (Å²) in [6, 6.07) is 0.939. The molecule has 0 aliphatic rings. The fourth-order valence-electron chi connectivity index (χ4n) is 1.30. The number of alkyl halides is 3. The third-order valence-electron chi connectivity index (χ3n) is 2.05. The maximum atomic E-state index is 12.9. The van der Waals surface area contributed by atoms with Crippen molar-refractivity contribution in [3.8, 4) is 5.82 Å². The van der Waals surface area contributed by atoms with Crippen LogP contribution in [0.2, 0.25) is 0 Å². The maximum Gasteiger partial charge on any atom is 0.420 e. The van der Waals surface area contributed by atoms with Gasteiger partial charge in [0.15, 0.2) is 11.6 Å². The van der Waals surface area contributed by atoms with E-state index in [4.69, 9.17) is 5.73 Å². The Balaban J connectivity index is 2.64. The van der Waals surface area contributed by atoms with Gasteiger partial charge in [0.1, 0.15) is 5.56 Å². The number of pyridine rings is 1. The lowest BCUT2D eigenvalue weighted by molar-refractivity contribution is -0.137. The first kappa shape index (κ1) is 13.3. The van der Waals surface area contributed by atoms with Crippen LogP contribution in [0.4, 0.5) is 19.0 Å². The second-order valence-electron chi connectivity index (χ2n) is 3.33. The van der Waals surface area contributed by atoms with E-state index >= 15 is 0 Å². The van der Waals surface area contributed by atoms with E-state index in [0.717, 1.165) is 10.7 Å². The maximum absolute atomic E-state index is 12.9. The minimum Gasteiger partial charge on any atom is -0.381 e. The first-order valence-electron chi connectivity index (χ1n) is 4.53. The lowest BCUT2D eigenvalue weighted by Gasteiger charge is -2.11. The molecule has 0 bridgehead atoms. The van der Waals surface area contributed by atoms with Gasteiger partial charge in [0, 0.05) is 16.9 Å². The van der Waals surface area contributed by atoms with Gasteiger partial charge < -0.3 is 5.73 Å². The van der Waals surface area contributed by atoms with Gasteiger partial charge in [-0.25, -0.2) is 9.67 Å². The van der Waals surface area contributed by atoms with Crippen LogP contribution in [0.25, 0.3) is 5.82 Å². The van der Waals surface area contributed by atoms with Crippen molar-refractivity contribution in [2.24, 2.45) is 0 Å². The van der Waals surface area contributed by atoms with Crippen molar-refractivity contribution in [1.29, 1.82) is 0 Å². The average molecular weight is 386 g/mol. The predicted octanol–water partition coefficient (Wildman–Crippen LogP) is 3.39. The second kappa shape index (κ2) is 4.54. The van der Waals surface area contributed by atoms with Crippen LogP contribution < -0.4 is 5.73 Å². The standard InChI is InChI=1S/C9H5Br2F3N4/c10-4-1-5(9(12,13)14)8(16-2-4)18-3-6(11)7(15)17-18/h1-3H,(H2,15,17). The molecule has 0 aliphatic heterocycles. The fourth-order valence-corrected chi connectivity index (χ4v) is 1.90. The van der Waals surface area contributed by atoms with Crippen LogP contribution >= 0.6 is 31.9 Å². The first-order valence-corrected chi connectivity index (χ1v) is 6.11. The normalized spacial score (nSPS) is 11.8.